The van der Waals surface area contributed by atoms with Gasteiger partial charge in [0.15, 0.2) is 6.61 Å². The van der Waals surface area contributed by atoms with E-state index in [0.717, 1.165) is 16.9 Å². The van der Waals surface area contributed by atoms with Gasteiger partial charge in [0.2, 0.25) is 0 Å². The molecule has 1 N–H and O–H groups in total. The molecular weight excluding hydrogens is 404 g/mol. The Morgan fingerprint density at radius 3 is 2.72 bits per heavy atom. The second kappa shape index (κ2) is 9.56. The maximum Gasteiger partial charge on any atom is 0.265 e. The number of anilines is 2. The van der Waals surface area contributed by atoms with Crippen LogP contribution in [0.1, 0.15) is 27.9 Å². The van der Waals surface area contributed by atoms with Crippen LogP contribution < -0.4 is 19.7 Å². The molecule has 0 unspecified atom stereocenters. The van der Waals surface area contributed by atoms with Gasteiger partial charge in [0, 0.05) is 17.8 Å². The minimum Gasteiger partial charge on any atom is -0.494 e. The van der Waals surface area contributed by atoms with Crippen molar-refractivity contribution in [2.45, 2.75) is 20.3 Å². The van der Waals surface area contributed by atoms with Gasteiger partial charge in [0.1, 0.15) is 11.5 Å². The largest absolute Gasteiger partial charge is 0.494 e. The summed E-state index contributed by atoms with van der Waals surface area (Å²) in [6.07, 6.45) is 0.666. The van der Waals surface area contributed by atoms with E-state index >= 15 is 0 Å². The van der Waals surface area contributed by atoms with E-state index in [1.165, 1.54) is 0 Å². The van der Waals surface area contributed by atoms with Crippen LogP contribution in [0.25, 0.3) is 0 Å². The fourth-order valence-corrected chi connectivity index (χ4v) is 3.67. The smallest absolute Gasteiger partial charge is 0.265 e. The molecule has 4 rings (SSSR count). The summed E-state index contributed by atoms with van der Waals surface area (Å²) in [6, 6.07) is 20.6. The number of fused-ring (bicyclic) bond motifs is 1. The van der Waals surface area contributed by atoms with E-state index in [1.54, 1.807) is 29.2 Å². The van der Waals surface area contributed by atoms with E-state index in [-0.39, 0.29) is 18.4 Å². The minimum absolute atomic E-state index is 0.000648. The molecule has 6 heteroatoms. The Kier molecular flexibility index (Phi) is 6.40. The number of benzene rings is 3. The number of hydrogen-bond acceptors (Lipinski definition) is 4. The number of rotatable bonds is 7. The van der Waals surface area contributed by atoms with Crippen molar-refractivity contribution in [2.24, 2.45) is 0 Å². The van der Waals surface area contributed by atoms with Gasteiger partial charge in [-0.25, -0.2) is 0 Å². The summed E-state index contributed by atoms with van der Waals surface area (Å²) in [6.45, 7) is 4.91. The van der Waals surface area contributed by atoms with Crippen LogP contribution in [0.2, 0.25) is 0 Å². The summed E-state index contributed by atoms with van der Waals surface area (Å²) in [4.78, 5) is 26.9. The molecule has 0 saturated carbocycles. The summed E-state index contributed by atoms with van der Waals surface area (Å²) >= 11 is 0. The van der Waals surface area contributed by atoms with Crippen LogP contribution in [0.15, 0.2) is 66.7 Å². The molecule has 0 bridgehead atoms. The Balaban J connectivity index is 1.43. The van der Waals surface area contributed by atoms with Crippen molar-refractivity contribution in [1.29, 1.82) is 0 Å². The third-order valence-electron chi connectivity index (χ3n) is 5.33. The molecule has 0 spiro atoms. The van der Waals surface area contributed by atoms with Crippen molar-refractivity contribution in [3.63, 3.8) is 0 Å². The normalized spacial score (nSPS) is 12.7. The van der Waals surface area contributed by atoms with Gasteiger partial charge in [-0.2, -0.15) is 0 Å². The third-order valence-corrected chi connectivity index (χ3v) is 5.33. The molecule has 164 valence electrons. The van der Waals surface area contributed by atoms with Crippen molar-refractivity contribution in [2.75, 3.05) is 30.0 Å². The van der Waals surface area contributed by atoms with Crippen molar-refractivity contribution in [1.82, 2.24) is 0 Å². The lowest BCUT2D eigenvalue weighted by Gasteiger charge is -2.30. The number of hydrogen-bond donors (Lipinski definition) is 1. The highest BCUT2D eigenvalue weighted by Crippen LogP contribution is 2.35. The Morgan fingerprint density at radius 2 is 1.91 bits per heavy atom. The topological polar surface area (TPSA) is 67.9 Å². The van der Waals surface area contributed by atoms with Crippen molar-refractivity contribution in [3.8, 4) is 11.5 Å². The van der Waals surface area contributed by atoms with Crippen LogP contribution >= 0.6 is 0 Å². The Hall–Kier alpha value is -3.80. The summed E-state index contributed by atoms with van der Waals surface area (Å²) in [5.74, 6) is 1.14. The predicted octanol–water partition coefficient (Wildman–Crippen LogP) is 4.75. The highest BCUT2D eigenvalue weighted by molar-refractivity contribution is 6.06. The van der Waals surface area contributed by atoms with Crippen LogP contribution in [-0.4, -0.2) is 31.6 Å². The van der Waals surface area contributed by atoms with E-state index in [4.69, 9.17) is 9.47 Å². The van der Waals surface area contributed by atoms with Crippen LogP contribution in [0, 0.1) is 13.8 Å². The molecular formula is C26H26N2O4. The highest BCUT2D eigenvalue weighted by Gasteiger charge is 2.26. The molecule has 0 fully saturated rings. The molecule has 32 heavy (non-hydrogen) atoms. The summed E-state index contributed by atoms with van der Waals surface area (Å²) in [5.41, 5.74) is 3.91. The predicted molar refractivity (Wildman–Crippen MR) is 125 cm³/mol. The standard InChI is InChI=1S/C26H26N2O4/c1-18-7-5-9-21(15-18)31-14-6-13-28-23-16-20(11-12-24(23)32-17-25(28)29)27-26(30)22-10-4-3-8-19(22)2/h3-5,7-12,15-16H,6,13-14,17H2,1-2H3,(H,27,30). The molecule has 0 saturated heterocycles. The summed E-state index contributed by atoms with van der Waals surface area (Å²) < 4.78 is 11.4. The van der Waals surface area contributed by atoms with Crippen LogP contribution in [0.5, 0.6) is 11.5 Å². The highest BCUT2D eigenvalue weighted by atomic mass is 16.5. The molecule has 1 aliphatic rings. The quantitative estimate of drug-likeness (QED) is 0.549. The lowest BCUT2D eigenvalue weighted by Crippen LogP contribution is -2.39. The first-order chi connectivity index (χ1) is 15.5. The van der Waals surface area contributed by atoms with E-state index < -0.39 is 0 Å². The molecule has 3 aromatic carbocycles. The summed E-state index contributed by atoms with van der Waals surface area (Å²) in [7, 11) is 0. The second-order valence-corrected chi connectivity index (χ2v) is 7.80. The molecule has 2 amide bonds. The monoisotopic (exact) mass is 430 g/mol. The number of nitrogens with one attached hydrogen (secondary N) is 1. The van der Waals surface area contributed by atoms with Gasteiger partial charge in [0.05, 0.1) is 12.3 Å². The maximum atomic E-state index is 12.7. The fourth-order valence-electron chi connectivity index (χ4n) is 3.67. The Morgan fingerprint density at radius 1 is 1.06 bits per heavy atom. The zero-order valence-electron chi connectivity index (χ0n) is 18.3. The molecule has 0 aromatic heterocycles. The zero-order valence-corrected chi connectivity index (χ0v) is 18.3. The van der Waals surface area contributed by atoms with Crippen molar-refractivity contribution < 1.29 is 19.1 Å². The average molecular weight is 431 g/mol. The van der Waals surface area contributed by atoms with Crippen molar-refractivity contribution >= 4 is 23.2 Å². The molecule has 6 nitrogen and oxygen atoms in total. The first kappa shape index (κ1) is 21.4. The van der Waals surface area contributed by atoms with Gasteiger partial charge >= 0.3 is 0 Å². The SMILES string of the molecule is Cc1cccc(OCCCN2C(=O)COc3ccc(NC(=O)c4ccccc4C)cc32)c1. The van der Waals surface area contributed by atoms with E-state index in [0.29, 0.717) is 42.3 Å². The lowest BCUT2D eigenvalue weighted by atomic mass is 10.1. The van der Waals surface area contributed by atoms with Crippen LogP contribution in [0.4, 0.5) is 11.4 Å². The summed E-state index contributed by atoms with van der Waals surface area (Å²) in [5, 5.41) is 2.92. The van der Waals surface area contributed by atoms with E-state index in [2.05, 4.69) is 5.32 Å². The first-order valence-corrected chi connectivity index (χ1v) is 10.6. The van der Waals surface area contributed by atoms with Gasteiger partial charge in [-0.15, -0.1) is 0 Å². The molecule has 1 heterocycles. The van der Waals surface area contributed by atoms with Gasteiger partial charge in [0.25, 0.3) is 11.8 Å². The Labute approximate surface area is 187 Å². The molecule has 0 atom stereocenters. The van der Waals surface area contributed by atoms with Gasteiger partial charge in [-0.3, -0.25) is 9.59 Å². The average Bonchev–Trinajstić information content (AvgIpc) is 2.78. The maximum absolute atomic E-state index is 12.7. The fraction of sp³-hybridized carbons (Fsp3) is 0.231. The number of amides is 2. The molecule has 1 aliphatic heterocycles. The van der Waals surface area contributed by atoms with Gasteiger partial charge < -0.3 is 19.7 Å². The minimum atomic E-state index is -0.191. The van der Waals surface area contributed by atoms with Gasteiger partial charge in [-0.1, -0.05) is 30.3 Å². The van der Waals surface area contributed by atoms with E-state index in [1.807, 2.05) is 56.3 Å². The number of carbonyl (C=O) groups is 2. The number of ether oxygens (including phenoxy) is 2. The number of nitrogens with zero attached hydrogens (tertiary/aromatic N) is 1. The zero-order chi connectivity index (χ0) is 22.5. The molecule has 3 aromatic rings. The number of carbonyl (C=O) groups excluding carboxylic acids is 2. The molecule has 0 radical (unpaired) electrons. The lowest BCUT2D eigenvalue weighted by molar-refractivity contribution is -0.121. The number of aryl methyl sites for hydroxylation is 2. The van der Waals surface area contributed by atoms with Gasteiger partial charge in [-0.05, 0) is 67.8 Å². The first-order valence-electron chi connectivity index (χ1n) is 10.6. The van der Waals surface area contributed by atoms with E-state index in [9.17, 15) is 9.59 Å². The Bertz CT molecular complexity index is 1140. The van der Waals surface area contributed by atoms with Crippen LogP contribution in [0.3, 0.4) is 0 Å². The van der Waals surface area contributed by atoms with Crippen molar-refractivity contribution in [3.05, 3.63) is 83.4 Å². The molecule has 0 aliphatic carbocycles. The second-order valence-electron chi connectivity index (χ2n) is 7.80. The van der Waals surface area contributed by atoms with Crippen LogP contribution in [-0.2, 0) is 4.79 Å². The third kappa shape index (κ3) is 4.91.